The minimum atomic E-state index is -0.280. The lowest BCUT2D eigenvalue weighted by Gasteiger charge is -2.42. The first-order valence-corrected chi connectivity index (χ1v) is 9.07. The zero-order valence-corrected chi connectivity index (χ0v) is 15.5. The van der Waals surface area contributed by atoms with Gasteiger partial charge < -0.3 is 25.3 Å². The van der Waals surface area contributed by atoms with Crippen molar-refractivity contribution in [2.75, 3.05) is 40.3 Å². The van der Waals surface area contributed by atoms with Crippen LogP contribution in [0.4, 0.5) is 9.59 Å². The van der Waals surface area contributed by atoms with Gasteiger partial charge in [0.1, 0.15) is 0 Å². The van der Waals surface area contributed by atoms with Gasteiger partial charge in [0, 0.05) is 57.8 Å². The van der Waals surface area contributed by atoms with Crippen LogP contribution in [-0.2, 0) is 4.79 Å². The maximum Gasteiger partial charge on any atom is 0.319 e. The van der Waals surface area contributed by atoms with Crippen LogP contribution in [0.15, 0.2) is 0 Å². The molecule has 0 radical (unpaired) electrons. The molecule has 0 saturated carbocycles. The molecule has 1 spiro atoms. The third kappa shape index (κ3) is 3.14. The maximum absolute atomic E-state index is 12.5. The molecule has 3 saturated heterocycles. The van der Waals surface area contributed by atoms with Crippen molar-refractivity contribution in [2.24, 2.45) is 11.8 Å². The quantitative estimate of drug-likeness (QED) is 0.712. The normalized spacial score (nSPS) is 27.5. The van der Waals surface area contributed by atoms with Crippen molar-refractivity contribution in [2.45, 2.75) is 38.3 Å². The van der Waals surface area contributed by atoms with Crippen LogP contribution in [0, 0.1) is 11.8 Å². The van der Waals surface area contributed by atoms with E-state index in [2.05, 4.69) is 10.6 Å². The Balaban J connectivity index is 1.67. The summed E-state index contributed by atoms with van der Waals surface area (Å²) in [7, 11) is 3.47. The fourth-order valence-corrected chi connectivity index (χ4v) is 4.44. The highest BCUT2D eigenvalue weighted by Gasteiger charge is 2.58. The van der Waals surface area contributed by atoms with E-state index in [1.807, 2.05) is 18.7 Å². The first kappa shape index (κ1) is 17.8. The van der Waals surface area contributed by atoms with Crippen molar-refractivity contribution in [3.63, 3.8) is 0 Å². The van der Waals surface area contributed by atoms with Gasteiger partial charge in [-0.2, -0.15) is 0 Å². The summed E-state index contributed by atoms with van der Waals surface area (Å²) in [6, 6.07) is 0.0343. The Morgan fingerprint density at radius 2 is 1.84 bits per heavy atom. The predicted octanol–water partition coefficient (Wildman–Crippen LogP) is 0.298. The summed E-state index contributed by atoms with van der Waals surface area (Å²) in [6.07, 6.45) is 1.49. The van der Waals surface area contributed by atoms with E-state index < -0.39 is 0 Å². The molecule has 8 nitrogen and oxygen atoms in total. The Hall–Kier alpha value is -1.99. The van der Waals surface area contributed by atoms with Gasteiger partial charge in [-0.25, -0.2) is 9.59 Å². The SMILES string of the molecule is CC(C)NC(=O)N1CCC2(CC1)NC(=O)[C@@H]1CN(C(=O)N(C)C)C[C@@H]12. The zero-order chi connectivity index (χ0) is 18.4. The van der Waals surface area contributed by atoms with Gasteiger partial charge in [0.15, 0.2) is 0 Å². The smallest absolute Gasteiger partial charge is 0.319 e. The Bertz CT molecular complexity index is 569. The first-order valence-electron chi connectivity index (χ1n) is 9.07. The van der Waals surface area contributed by atoms with Crippen LogP contribution < -0.4 is 10.6 Å². The van der Waals surface area contributed by atoms with Crippen LogP contribution in [0.5, 0.6) is 0 Å². The molecular formula is C17H29N5O3. The van der Waals surface area contributed by atoms with Crippen LogP contribution in [0.25, 0.3) is 0 Å². The van der Waals surface area contributed by atoms with Crippen LogP contribution >= 0.6 is 0 Å². The molecule has 3 fully saturated rings. The van der Waals surface area contributed by atoms with E-state index in [0.29, 0.717) is 26.2 Å². The summed E-state index contributed by atoms with van der Waals surface area (Å²) in [6.45, 7) is 6.25. The molecule has 0 unspecified atom stereocenters. The molecule has 0 bridgehead atoms. The molecule has 2 atom stereocenters. The number of likely N-dealkylation sites (tertiary alicyclic amines) is 2. The monoisotopic (exact) mass is 351 g/mol. The molecule has 3 aliphatic heterocycles. The average Bonchev–Trinajstić information content (AvgIpc) is 3.08. The third-order valence-electron chi connectivity index (χ3n) is 5.75. The molecule has 3 heterocycles. The molecule has 0 aliphatic carbocycles. The lowest BCUT2D eigenvalue weighted by atomic mass is 9.75. The van der Waals surface area contributed by atoms with E-state index in [1.165, 1.54) is 0 Å². The summed E-state index contributed by atoms with van der Waals surface area (Å²) >= 11 is 0. The van der Waals surface area contributed by atoms with Crippen LogP contribution in [0.2, 0.25) is 0 Å². The predicted molar refractivity (Wildman–Crippen MR) is 93.0 cm³/mol. The van der Waals surface area contributed by atoms with Crippen LogP contribution in [0.1, 0.15) is 26.7 Å². The van der Waals surface area contributed by atoms with Crippen LogP contribution in [0.3, 0.4) is 0 Å². The lowest BCUT2D eigenvalue weighted by molar-refractivity contribution is -0.123. The second-order valence-corrected chi connectivity index (χ2v) is 8.03. The molecule has 3 aliphatic rings. The van der Waals surface area contributed by atoms with E-state index in [0.717, 1.165) is 12.8 Å². The topological polar surface area (TPSA) is 85.0 Å². The minimum absolute atomic E-state index is 0.0360. The van der Waals surface area contributed by atoms with Crippen molar-refractivity contribution in [1.29, 1.82) is 0 Å². The number of carbonyl (C=O) groups excluding carboxylic acids is 3. The van der Waals surface area contributed by atoms with Gasteiger partial charge in [-0.15, -0.1) is 0 Å². The molecule has 2 N–H and O–H groups in total. The Morgan fingerprint density at radius 3 is 2.40 bits per heavy atom. The molecule has 8 heteroatoms. The van der Waals surface area contributed by atoms with Gasteiger partial charge in [0.2, 0.25) is 5.91 Å². The number of amides is 5. The molecule has 0 aromatic heterocycles. The van der Waals surface area contributed by atoms with E-state index in [4.69, 9.17) is 0 Å². The highest BCUT2D eigenvalue weighted by Crippen LogP contribution is 2.44. The number of fused-ring (bicyclic) bond motifs is 2. The number of piperidine rings is 1. The van der Waals surface area contributed by atoms with Crippen molar-refractivity contribution in [3.05, 3.63) is 0 Å². The number of hydrogen-bond acceptors (Lipinski definition) is 3. The van der Waals surface area contributed by atoms with Gasteiger partial charge >= 0.3 is 12.1 Å². The largest absolute Gasteiger partial charge is 0.350 e. The number of hydrogen-bond donors (Lipinski definition) is 2. The van der Waals surface area contributed by atoms with E-state index in [9.17, 15) is 14.4 Å². The van der Waals surface area contributed by atoms with Gasteiger partial charge in [0.05, 0.1) is 5.92 Å². The van der Waals surface area contributed by atoms with Crippen molar-refractivity contribution < 1.29 is 14.4 Å². The van der Waals surface area contributed by atoms with E-state index in [-0.39, 0.29) is 41.4 Å². The summed E-state index contributed by atoms with van der Waals surface area (Å²) in [5, 5.41) is 6.13. The third-order valence-corrected chi connectivity index (χ3v) is 5.75. The van der Waals surface area contributed by atoms with Crippen molar-refractivity contribution in [3.8, 4) is 0 Å². The molecular weight excluding hydrogens is 322 g/mol. The number of carbonyl (C=O) groups is 3. The van der Waals surface area contributed by atoms with Crippen molar-refractivity contribution >= 4 is 18.0 Å². The number of nitrogens with one attached hydrogen (secondary N) is 2. The van der Waals surface area contributed by atoms with Crippen molar-refractivity contribution in [1.82, 2.24) is 25.3 Å². The lowest BCUT2D eigenvalue weighted by Crippen LogP contribution is -2.58. The second-order valence-electron chi connectivity index (χ2n) is 8.03. The van der Waals surface area contributed by atoms with Gasteiger partial charge in [-0.1, -0.05) is 0 Å². The zero-order valence-electron chi connectivity index (χ0n) is 15.5. The maximum atomic E-state index is 12.5. The van der Waals surface area contributed by atoms with Gasteiger partial charge in [-0.05, 0) is 26.7 Å². The molecule has 25 heavy (non-hydrogen) atoms. The standard InChI is InChI=1S/C17H29N5O3/c1-11(2)18-15(24)21-7-5-17(6-8-21)13-10-22(16(25)20(3)4)9-12(13)14(23)19-17/h11-13H,5-10H2,1-4H3,(H,18,24)(H,19,23)/t12-,13+/m1/s1. The van der Waals surface area contributed by atoms with Gasteiger partial charge in [-0.3, -0.25) is 4.79 Å². The summed E-state index contributed by atoms with van der Waals surface area (Å²) in [5.74, 6) is 0.0679. The Labute approximate surface area is 148 Å². The van der Waals surface area contributed by atoms with Crippen LogP contribution in [-0.4, -0.2) is 84.5 Å². The Morgan fingerprint density at radius 1 is 1.20 bits per heavy atom. The summed E-state index contributed by atoms with van der Waals surface area (Å²) in [4.78, 5) is 42.1. The summed E-state index contributed by atoms with van der Waals surface area (Å²) < 4.78 is 0. The fraction of sp³-hybridized carbons (Fsp3) is 0.824. The average molecular weight is 351 g/mol. The van der Waals surface area contributed by atoms with E-state index >= 15 is 0 Å². The minimum Gasteiger partial charge on any atom is -0.350 e. The van der Waals surface area contributed by atoms with Gasteiger partial charge in [0.25, 0.3) is 0 Å². The number of urea groups is 2. The highest BCUT2D eigenvalue weighted by molar-refractivity contribution is 5.85. The highest BCUT2D eigenvalue weighted by atomic mass is 16.2. The molecule has 0 aromatic rings. The first-order chi connectivity index (χ1) is 11.7. The fourth-order valence-electron chi connectivity index (χ4n) is 4.44. The number of nitrogens with zero attached hydrogens (tertiary/aromatic N) is 3. The number of rotatable bonds is 1. The Kier molecular flexibility index (Phi) is 4.55. The van der Waals surface area contributed by atoms with E-state index in [1.54, 1.807) is 23.9 Å². The molecule has 140 valence electrons. The molecule has 5 amide bonds. The molecule has 0 aromatic carbocycles. The second kappa shape index (κ2) is 6.38. The molecule has 3 rings (SSSR count). The summed E-state index contributed by atoms with van der Waals surface area (Å²) in [5.41, 5.74) is -0.280.